The van der Waals surface area contributed by atoms with Gasteiger partial charge in [0.25, 0.3) is 0 Å². The maximum Gasteiger partial charge on any atom is 0.241 e. The molecule has 0 saturated heterocycles. The van der Waals surface area contributed by atoms with Crippen LogP contribution < -0.4 is 4.72 Å². The topological polar surface area (TPSA) is 66.4 Å². The van der Waals surface area contributed by atoms with Crippen molar-refractivity contribution in [3.05, 3.63) is 30.1 Å². The van der Waals surface area contributed by atoms with Crippen molar-refractivity contribution in [3.63, 3.8) is 0 Å². The number of sulfonamides is 1. The summed E-state index contributed by atoms with van der Waals surface area (Å²) in [5, 5.41) is 9.45. The van der Waals surface area contributed by atoms with E-state index in [1.165, 1.54) is 19.1 Å². The van der Waals surface area contributed by atoms with E-state index in [9.17, 15) is 17.9 Å². The van der Waals surface area contributed by atoms with E-state index in [2.05, 4.69) is 4.72 Å². The standard InChI is InChI=1S/C11H16FNO3S/c1-8(14)11(2,3)13-17(15,16)10-6-4-9(12)5-7-10/h4-8,13-14H,1-3H3. The highest BCUT2D eigenvalue weighted by molar-refractivity contribution is 7.89. The molecule has 17 heavy (non-hydrogen) atoms. The Labute approximate surface area is 101 Å². The van der Waals surface area contributed by atoms with Gasteiger partial charge in [0.2, 0.25) is 10.0 Å². The molecule has 2 N–H and O–H groups in total. The maximum absolute atomic E-state index is 12.7. The van der Waals surface area contributed by atoms with Crippen LogP contribution in [0.2, 0.25) is 0 Å². The molecule has 0 fully saturated rings. The SMILES string of the molecule is CC(O)C(C)(C)NS(=O)(=O)c1ccc(F)cc1. The van der Waals surface area contributed by atoms with Crippen LogP contribution in [-0.2, 0) is 10.0 Å². The number of halogens is 1. The monoisotopic (exact) mass is 261 g/mol. The van der Waals surface area contributed by atoms with Gasteiger partial charge in [-0.25, -0.2) is 17.5 Å². The van der Waals surface area contributed by atoms with Crippen molar-refractivity contribution >= 4 is 10.0 Å². The highest BCUT2D eigenvalue weighted by atomic mass is 32.2. The van der Waals surface area contributed by atoms with Gasteiger partial charge in [0.05, 0.1) is 16.5 Å². The van der Waals surface area contributed by atoms with Gasteiger partial charge >= 0.3 is 0 Å². The molecule has 0 aromatic heterocycles. The van der Waals surface area contributed by atoms with Crippen molar-refractivity contribution in [2.45, 2.75) is 37.3 Å². The van der Waals surface area contributed by atoms with Crippen LogP contribution in [0.4, 0.5) is 4.39 Å². The summed E-state index contributed by atoms with van der Waals surface area (Å²) >= 11 is 0. The maximum atomic E-state index is 12.7. The predicted octanol–water partition coefficient (Wildman–Crippen LogP) is 1.26. The lowest BCUT2D eigenvalue weighted by molar-refractivity contribution is 0.111. The smallest absolute Gasteiger partial charge is 0.241 e. The largest absolute Gasteiger partial charge is 0.391 e. The van der Waals surface area contributed by atoms with Gasteiger partial charge in [-0.15, -0.1) is 0 Å². The zero-order chi connectivity index (χ0) is 13.3. The summed E-state index contributed by atoms with van der Waals surface area (Å²) in [6.07, 6.45) is -0.849. The van der Waals surface area contributed by atoms with Gasteiger partial charge in [0, 0.05) is 0 Å². The highest BCUT2D eigenvalue weighted by Crippen LogP contribution is 2.16. The first kappa shape index (κ1) is 14.1. The van der Waals surface area contributed by atoms with E-state index >= 15 is 0 Å². The van der Waals surface area contributed by atoms with Crippen LogP contribution in [0.15, 0.2) is 29.2 Å². The second-order valence-electron chi connectivity index (χ2n) is 4.46. The van der Waals surface area contributed by atoms with Crippen LogP contribution in [-0.4, -0.2) is 25.2 Å². The molecule has 0 heterocycles. The van der Waals surface area contributed by atoms with Crippen molar-refractivity contribution in [3.8, 4) is 0 Å². The summed E-state index contributed by atoms with van der Waals surface area (Å²) in [6.45, 7) is 4.63. The third-order valence-electron chi connectivity index (χ3n) is 2.57. The molecule has 0 radical (unpaired) electrons. The lowest BCUT2D eigenvalue weighted by Crippen LogP contribution is -2.50. The molecule has 1 aromatic rings. The van der Waals surface area contributed by atoms with Crippen LogP contribution in [0.1, 0.15) is 20.8 Å². The van der Waals surface area contributed by atoms with E-state index < -0.39 is 27.5 Å². The molecule has 0 aliphatic rings. The molecule has 0 aliphatic heterocycles. The van der Waals surface area contributed by atoms with Crippen LogP contribution in [0.5, 0.6) is 0 Å². The highest BCUT2D eigenvalue weighted by Gasteiger charge is 2.30. The number of aliphatic hydroxyl groups is 1. The molecule has 96 valence electrons. The fourth-order valence-corrected chi connectivity index (χ4v) is 2.58. The quantitative estimate of drug-likeness (QED) is 0.857. The molecule has 0 amide bonds. The van der Waals surface area contributed by atoms with Gasteiger partial charge in [0.1, 0.15) is 5.82 Å². The number of nitrogens with one attached hydrogen (secondary N) is 1. The average molecular weight is 261 g/mol. The summed E-state index contributed by atoms with van der Waals surface area (Å²) in [4.78, 5) is -0.0346. The zero-order valence-corrected chi connectivity index (χ0v) is 10.8. The number of benzene rings is 1. The first-order chi connectivity index (χ1) is 7.65. The molecule has 1 rings (SSSR count). The molecular formula is C11H16FNO3S. The molecule has 4 nitrogen and oxygen atoms in total. The lowest BCUT2D eigenvalue weighted by atomic mass is 10.0. The van der Waals surface area contributed by atoms with Crippen molar-refractivity contribution in [2.24, 2.45) is 0 Å². The summed E-state index contributed by atoms with van der Waals surface area (Å²) in [5.74, 6) is -0.501. The van der Waals surface area contributed by atoms with E-state index in [-0.39, 0.29) is 4.90 Å². The molecule has 1 atom stereocenters. The van der Waals surface area contributed by atoms with E-state index in [0.717, 1.165) is 12.1 Å². The Hall–Kier alpha value is -0.980. The van der Waals surface area contributed by atoms with E-state index in [1.807, 2.05) is 0 Å². The number of aliphatic hydroxyl groups excluding tert-OH is 1. The van der Waals surface area contributed by atoms with Crippen LogP contribution >= 0.6 is 0 Å². The minimum absolute atomic E-state index is 0.0346. The van der Waals surface area contributed by atoms with Crippen LogP contribution in [0.25, 0.3) is 0 Å². The Morgan fingerprint density at radius 1 is 1.29 bits per heavy atom. The zero-order valence-electron chi connectivity index (χ0n) is 9.94. The Balaban J connectivity index is 3.01. The fourth-order valence-electron chi connectivity index (χ4n) is 1.10. The Kier molecular flexibility index (Phi) is 3.91. The van der Waals surface area contributed by atoms with Gasteiger partial charge in [0.15, 0.2) is 0 Å². The average Bonchev–Trinajstić information content (AvgIpc) is 2.16. The summed E-state index contributed by atoms with van der Waals surface area (Å²) in [5.41, 5.74) is -0.993. The second kappa shape index (κ2) is 4.72. The van der Waals surface area contributed by atoms with Gasteiger partial charge < -0.3 is 5.11 Å². The lowest BCUT2D eigenvalue weighted by Gasteiger charge is -2.28. The van der Waals surface area contributed by atoms with E-state index in [4.69, 9.17) is 0 Å². The third kappa shape index (κ3) is 3.49. The first-order valence-electron chi connectivity index (χ1n) is 5.13. The molecule has 0 bridgehead atoms. The fraction of sp³-hybridized carbons (Fsp3) is 0.455. The first-order valence-corrected chi connectivity index (χ1v) is 6.61. The summed E-state index contributed by atoms with van der Waals surface area (Å²) in [6, 6.07) is 4.50. The Bertz CT molecular complexity index is 480. The molecule has 1 aromatic carbocycles. The van der Waals surface area contributed by atoms with E-state index in [0.29, 0.717) is 0 Å². The van der Waals surface area contributed by atoms with Crippen molar-refractivity contribution in [1.82, 2.24) is 4.72 Å². The molecule has 6 heteroatoms. The van der Waals surface area contributed by atoms with Gasteiger partial charge in [-0.3, -0.25) is 0 Å². The molecule has 0 aliphatic carbocycles. The van der Waals surface area contributed by atoms with Crippen molar-refractivity contribution < 1.29 is 17.9 Å². The minimum Gasteiger partial charge on any atom is -0.391 e. The van der Waals surface area contributed by atoms with Crippen molar-refractivity contribution in [1.29, 1.82) is 0 Å². The molecule has 1 unspecified atom stereocenters. The molecular weight excluding hydrogens is 245 g/mol. The van der Waals surface area contributed by atoms with Gasteiger partial charge in [-0.2, -0.15) is 0 Å². The minimum atomic E-state index is -3.76. The summed E-state index contributed by atoms with van der Waals surface area (Å²) in [7, 11) is -3.76. The predicted molar refractivity (Wildman–Crippen MR) is 62.5 cm³/mol. The number of hydrogen-bond acceptors (Lipinski definition) is 3. The number of rotatable bonds is 4. The molecule has 0 spiro atoms. The Morgan fingerprint density at radius 2 is 1.76 bits per heavy atom. The van der Waals surface area contributed by atoms with E-state index in [1.54, 1.807) is 13.8 Å². The van der Waals surface area contributed by atoms with Gasteiger partial charge in [-0.1, -0.05) is 0 Å². The van der Waals surface area contributed by atoms with Crippen LogP contribution in [0.3, 0.4) is 0 Å². The number of hydrogen-bond donors (Lipinski definition) is 2. The Morgan fingerprint density at radius 3 is 2.18 bits per heavy atom. The normalized spacial score (nSPS) is 14.6. The summed E-state index contributed by atoms with van der Waals surface area (Å²) < 4.78 is 38.9. The van der Waals surface area contributed by atoms with Gasteiger partial charge in [-0.05, 0) is 45.0 Å². The third-order valence-corrected chi connectivity index (χ3v) is 4.25. The van der Waals surface area contributed by atoms with Crippen molar-refractivity contribution in [2.75, 3.05) is 0 Å². The second-order valence-corrected chi connectivity index (χ2v) is 6.14. The van der Waals surface area contributed by atoms with Crippen LogP contribution in [0, 0.1) is 5.82 Å². The molecule has 0 saturated carbocycles.